The van der Waals surface area contributed by atoms with E-state index in [1.807, 2.05) is 13.8 Å². The van der Waals surface area contributed by atoms with E-state index in [4.69, 9.17) is 5.73 Å². The summed E-state index contributed by atoms with van der Waals surface area (Å²) in [7, 11) is 0. The second-order valence-corrected chi connectivity index (χ2v) is 3.50. The normalized spacial score (nSPS) is 15.2. The van der Waals surface area contributed by atoms with Crippen LogP contribution in [0.3, 0.4) is 0 Å². The lowest BCUT2D eigenvalue weighted by Gasteiger charge is -2.17. The Kier molecular flexibility index (Phi) is 5.73. The van der Waals surface area contributed by atoms with E-state index in [0.717, 1.165) is 0 Å². The van der Waals surface area contributed by atoms with Crippen LogP contribution in [-0.2, 0) is 9.59 Å². The van der Waals surface area contributed by atoms with Gasteiger partial charge in [0, 0.05) is 5.75 Å². The minimum absolute atomic E-state index is 0.0484. The lowest BCUT2D eigenvalue weighted by molar-refractivity contribution is -0.123. The fraction of sp³-hybridized carbons (Fsp3) is 0.750. The van der Waals surface area contributed by atoms with Crippen LogP contribution >= 0.6 is 12.6 Å². The number of nitrogens with one attached hydrogen (secondary N) is 1. The van der Waals surface area contributed by atoms with Gasteiger partial charge < -0.3 is 11.1 Å². The number of carbonyl (C=O) groups is 1. The summed E-state index contributed by atoms with van der Waals surface area (Å²) < 4.78 is 0. The number of carbonyl (C=O) groups excluding carboxylic acids is 2. The average molecular weight is 203 g/mol. The van der Waals surface area contributed by atoms with Gasteiger partial charge in [0.1, 0.15) is 6.04 Å². The van der Waals surface area contributed by atoms with E-state index in [2.05, 4.69) is 17.9 Å². The second kappa shape index (κ2) is 5.99. The van der Waals surface area contributed by atoms with Gasteiger partial charge in [-0.25, -0.2) is 0 Å². The summed E-state index contributed by atoms with van der Waals surface area (Å²) >= 11 is 3.87. The molecule has 2 atom stereocenters. The van der Waals surface area contributed by atoms with Gasteiger partial charge in [0.05, 0.1) is 6.04 Å². The fourth-order valence-electron chi connectivity index (χ4n) is 0.683. The van der Waals surface area contributed by atoms with Gasteiger partial charge in [-0.1, -0.05) is 13.8 Å². The number of thiol groups is 1. The Bertz CT molecular complexity index is 185. The molecule has 0 rings (SSSR count). The Balaban J connectivity index is 4.05. The molecule has 1 amide bonds. The van der Waals surface area contributed by atoms with Gasteiger partial charge in [0.25, 0.3) is 0 Å². The van der Waals surface area contributed by atoms with Crippen LogP contribution in [0.4, 0.5) is 0 Å². The van der Waals surface area contributed by atoms with E-state index in [1.54, 1.807) is 6.29 Å². The number of amides is 1. The summed E-state index contributed by atoms with van der Waals surface area (Å²) in [5.41, 5.74) is 5.55. The highest BCUT2D eigenvalue weighted by Gasteiger charge is 2.19. The summed E-state index contributed by atoms with van der Waals surface area (Å²) in [4.78, 5) is 21.5. The Morgan fingerprint density at radius 2 is 2.15 bits per heavy atom. The summed E-state index contributed by atoms with van der Waals surface area (Å²) in [5, 5.41) is 2.43. The highest BCUT2D eigenvalue weighted by molar-refractivity contribution is 7.80. The highest BCUT2D eigenvalue weighted by atomic mass is 32.1. The van der Waals surface area contributed by atoms with E-state index < -0.39 is 12.1 Å². The van der Waals surface area contributed by atoms with Crippen molar-refractivity contribution in [2.45, 2.75) is 25.9 Å². The Morgan fingerprint density at radius 1 is 1.62 bits per heavy atom. The van der Waals surface area contributed by atoms with Crippen LogP contribution in [0.5, 0.6) is 0 Å². The molecule has 5 heteroatoms. The van der Waals surface area contributed by atoms with Crippen molar-refractivity contribution in [2.24, 2.45) is 11.7 Å². The van der Waals surface area contributed by atoms with Gasteiger partial charge in [-0.05, 0) is 5.92 Å². The van der Waals surface area contributed by atoms with Crippen molar-refractivity contribution in [1.82, 2.24) is 5.32 Å². The Labute approximate surface area is 83.7 Å². The van der Waals surface area contributed by atoms with Crippen molar-refractivity contribution >= 4 is 24.8 Å². The predicted molar refractivity (Wildman–Crippen MR) is 54.3 cm³/mol. The lowest BCUT2D eigenvalue weighted by atomic mass is 10.0. The molecule has 0 heterocycles. The van der Waals surface area contributed by atoms with Crippen LogP contribution in [0, 0.1) is 5.92 Å². The smallest absolute Gasteiger partial charge is 0.237 e. The first-order chi connectivity index (χ1) is 6.02. The maximum absolute atomic E-state index is 11.3. The van der Waals surface area contributed by atoms with Crippen LogP contribution in [-0.4, -0.2) is 30.0 Å². The first-order valence-corrected chi connectivity index (χ1v) is 4.70. The molecule has 1 radical (unpaired) electrons. The predicted octanol–water partition coefficient (Wildman–Crippen LogP) is -0.506. The zero-order valence-corrected chi connectivity index (χ0v) is 8.67. The average Bonchev–Trinajstić information content (AvgIpc) is 2.12. The van der Waals surface area contributed by atoms with E-state index in [-0.39, 0.29) is 17.6 Å². The maximum Gasteiger partial charge on any atom is 0.237 e. The molecule has 0 spiro atoms. The lowest BCUT2D eigenvalue weighted by Crippen LogP contribution is -2.48. The zero-order chi connectivity index (χ0) is 10.4. The van der Waals surface area contributed by atoms with E-state index in [9.17, 15) is 9.59 Å². The van der Waals surface area contributed by atoms with Crippen LogP contribution < -0.4 is 11.1 Å². The number of rotatable bonds is 5. The molecule has 0 aromatic rings. The molecule has 0 bridgehead atoms. The third-order valence-electron chi connectivity index (χ3n) is 1.66. The third-order valence-corrected chi connectivity index (χ3v) is 2.03. The van der Waals surface area contributed by atoms with Crippen molar-refractivity contribution < 1.29 is 9.59 Å². The first kappa shape index (κ1) is 12.4. The number of nitrogens with two attached hydrogens (primary N) is 1. The van der Waals surface area contributed by atoms with Crippen molar-refractivity contribution in [2.75, 3.05) is 5.75 Å². The van der Waals surface area contributed by atoms with Gasteiger partial charge in [-0.15, -0.1) is 0 Å². The quantitative estimate of drug-likeness (QED) is 0.527. The summed E-state index contributed by atoms with van der Waals surface area (Å²) in [6, 6.07) is -1.25. The van der Waals surface area contributed by atoms with Crippen LogP contribution in [0.25, 0.3) is 0 Å². The van der Waals surface area contributed by atoms with Crippen molar-refractivity contribution in [3.8, 4) is 0 Å². The molecular formula is C8H15N2O2S. The zero-order valence-electron chi connectivity index (χ0n) is 7.78. The molecule has 0 unspecified atom stereocenters. The molecule has 0 saturated heterocycles. The molecule has 13 heavy (non-hydrogen) atoms. The van der Waals surface area contributed by atoms with Crippen LogP contribution in [0.2, 0.25) is 0 Å². The van der Waals surface area contributed by atoms with Crippen LogP contribution in [0.1, 0.15) is 13.8 Å². The standard InChI is InChI=1S/C8H15N2O2S/c1-5(2)7(9)8(12)10-6(3-11)4-13/h5-7,13H,4,9H2,1-2H3,(H,10,12)/t6-,7+/m0/s1. The van der Waals surface area contributed by atoms with Crippen molar-refractivity contribution in [1.29, 1.82) is 0 Å². The van der Waals surface area contributed by atoms with Crippen molar-refractivity contribution in [3.63, 3.8) is 0 Å². The maximum atomic E-state index is 11.3. The van der Waals surface area contributed by atoms with Gasteiger partial charge in [0.15, 0.2) is 0 Å². The molecule has 0 aliphatic carbocycles. The molecule has 0 aromatic heterocycles. The molecular weight excluding hydrogens is 188 g/mol. The Hall–Kier alpha value is -0.550. The minimum atomic E-state index is -0.666. The molecule has 0 fully saturated rings. The molecule has 0 aliphatic heterocycles. The second-order valence-electron chi connectivity index (χ2n) is 3.13. The fourth-order valence-corrected chi connectivity index (χ4v) is 0.849. The van der Waals surface area contributed by atoms with Gasteiger partial charge >= 0.3 is 0 Å². The summed E-state index contributed by atoms with van der Waals surface area (Å²) in [6.07, 6.45) is 1.66. The molecule has 0 aliphatic rings. The Morgan fingerprint density at radius 3 is 2.46 bits per heavy atom. The highest BCUT2D eigenvalue weighted by Crippen LogP contribution is 1.98. The summed E-state index contributed by atoms with van der Waals surface area (Å²) in [5.74, 6) is -0.0512. The molecule has 3 N–H and O–H groups in total. The third kappa shape index (κ3) is 4.28. The molecule has 0 saturated carbocycles. The van der Waals surface area contributed by atoms with E-state index in [1.165, 1.54) is 0 Å². The van der Waals surface area contributed by atoms with Gasteiger partial charge in [-0.3, -0.25) is 9.59 Å². The SMILES string of the molecule is CC(C)[C@@H](N)C(=O)N[C@@H]([C]=O)CS. The number of hydrogen-bond acceptors (Lipinski definition) is 4. The van der Waals surface area contributed by atoms with E-state index in [0.29, 0.717) is 0 Å². The summed E-state index contributed by atoms with van der Waals surface area (Å²) in [6.45, 7) is 3.68. The minimum Gasteiger partial charge on any atom is -0.344 e. The number of hydrogen-bond donors (Lipinski definition) is 3. The van der Waals surface area contributed by atoms with Crippen LogP contribution in [0.15, 0.2) is 0 Å². The largest absolute Gasteiger partial charge is 0.344 e. The van der Waals surface area contributed by atoms with Gasteiger partial charge in [-0.2, -0.15) is 12.6 Å². The van der Waals surface area contributed by atoms with Gasteiger partial charge in [0.2, 0.25) is 12.2 Å². The first-order valence-electron chi connectivity index (χ1n) is 4.07. The van der Waals surface area contributed by atoms with E-state index >= 15 is 0 Å². The topological polar surface area (TPSA) is 72.2 Å². The van der Waals surface area contributed by atoms with Crippen molar-refractivity contribution in [3.05, 3.63) is 0 Å². The monoisotopic (exact) mass is 203 g/mol. The molecule has 0 aromatic carbocycles. The molecule has 75 valence electrons. The molecule has 4 nitrogen and oxygen atoms in total.